The lowest BCUT2D eigenvalue weighted by Gasteiger charge is -2.11. The van der Waals surface area contributed by atoms with Gasteiger partial charge in [-0.2, -0.15) is 0 Å². The van der Waals surface area contributed by atoms with Crippen LogP contribution in [0.25, 0.3) is 6.08 Å². The zero-order valence-electron chi connectivity index (χ0n) is 11.3. The minimum Gasteiger partial charge on any atom is -0.463 e. The molecule has 0 aliphatic rings. The minimum absolute atomic E-state index is 0.278. The molecule has 98 valence electrons. The number of nitrogens with zero attached hydrogens (tertiary/aromatic N) is 1. The normalized spacial score (nSPS) is 10.6. The molecule has 0 bridgehead atoms. The molecule has 0 saturated heterocycles. The van der Waals surface area contributed by atoms with Gasteiger partial charge in [-0.3, -0.25) is 0 Å². The van der Waals surface area contributed by atoms with Crippen LogP contribution in [0.2, 0.25) is 0 Å². The van der Waals surface area contributed by atoms with Gasteiger partial charge in [0.2, 0.25) is 0 Å². The zero-order valence-corrected chi connectivity index (χ0v) is 11.3. The summed E-state index contributed by atoms with van der Waals surface area (Å²) in [6, 6.07) is 7.99. The molecular formula is C15H21NO2. The van der Waals surface area contributed by atoms with Crippen molar-refractivity contribution in [2.75, 3.05) is 25.6 Å². The van der Waals surface area contributed by atoms with Gasteiger partial charge in [0.15, 0.2) is 0 Å². The molecule has 0 aromatic heterocycles. The van der Waals surface area contributed by atoms with Crippen LogP contribution in [0.1, 0.15) is 25.3 Å². The fraction of sp³-hybridized carbons (Fsp3) is 0.400. The smallest absolute Gasteiger partial charge is 0.330 e. The molecule has 1 rings (SSSR count). The van der Waals surface area contributed by atoms with E-state index >= 15 is 0 Å². The van der Waals surface area contributed by atoms with E-state index in [0.29, 0.717) is 6.61 Å². The monoisotopic (exact) mass is 247 g/mol. The summed E-state index contributed by atoms with van der Waals surface area (Å²) >= 11 is 0. The van der Waals surface area contributed by atoms with Crippen LogP contribution in [0.3, 0.4) is 0 Å². The second kappa shape index (κ2) is 7.54. The van der Waals surface area contributed by atoms with Crippen molar-refractivity contribution >= 4 is 17.7 Å². The Morgan fingerprint density at radius 3 is 2.50 bits per heavy atom. The number of hydrogen-bond donors (Lipinski definition) is 0. The van der Waals surface area contributed by atoms with Crippen LogP contribution in [0.5, 0.6) is 0 Å². The lowest BCUT2D eigenvalue weighted by molar-refractivity contribution is -0.137. The van der Waals surface area contributed by atoms with Gasteiger partial charge in [0.1, 0.15) is 0 Å². The first-order valence-corrected chi connectivity index (χ1v) is 6.25. The maximum absolute atomic E-state index is 11.3. The Bertz CT molecular complexity index is 393. The zero-order chi connectivity index (χ0) is 13.4. The van der Waals surface area contributed by atoms with Crippen LogP contribution in [0.4, 0.5) is 5.69 Å². The van der Waals surface area contributed by atoms with Gasteiger partial charge in [-0.05, 0) is 30.2 Å². The predicted octanol–water partition coefficient (Wildman–Crippen LogP) is 3.11. The van der Waals surface area contributed by atoms with Crippen molar-refractivity contribution in [3.63, 3.8) is 0 Å². The van der Waals surface area contributed by atoms with Gasteiger partial charge in [0.25, 0.3) is 0 Å². The molecule has 0 aliphatic carbocycles. The van der Waals surface area contributed by atoms with Crippen LogP contribution in [-0.2, 0) is 9.53 Å². The number of carbonyl (C=O) groups excluding carboxylic acids is 1. The highest BCUT2D eigenvalue weighted by molar-refractivity contribution is 5.87. The van der Waals surface area contributed by atoms with E-state index in [1.165, 1.54) is 6.08 Å². The quantitative estimate of drug-likeness (QED) is 0.439. The van der Waals surface area contributed by atoms with Crippen molar-refractivity contribution in [3.05, 3.63) is 35.9 Å². The minimum atomic E-state index is -0.278. The molecule has 0 aliphatic heterocycles. The molecule has 1 aromatic carbocycles. The molecule has 3 nitrogen and oxygen atoms in total. The maximum Gasteiger partial charge on any atom is 0.330 e. The second-order valence-electron chi connectivity index (χ2n) is 4.34. The number of unbranched alkanes of at least 4 members (excludes halogenated alkanes) is 1. The van der Waals surface area contributed by atoms with Gasteiger partial charge < -0.3 is 9.64 Å². The summed E-state index contributed by atoms with van der Waals surface area (Å²) in [6.45, 7) is 2.56. The Morgan fingerprint density at radius 1 is 1.28 bits per heavy atom. The van der Waals surface area contributed by atoms with Gasteiger partial charge in [0.05, 0.1) is 6.61 Å². The number of hydrogen-bond acceptors (Lipinski definition) is 3. The topological polar surface area (TPSA) is 29.5 Å². The molecule has 0 atom stereocenters. The number of benzene rings is 1. The van der Waals surface area contributed by atoms with Crippen LogP contribution < -0.4 is 4.90 Å². The number of esters is 1. The first kappa shape index (κ1) is 14.3. The Kier molecular flexibility index (Phi) is 5.98. The fourth-order valence-electron chi connectivity index (χ4n) is 1.41. The summed E-state index contributed by atoms with van der Waals surface area (Å²) in [6.07, 6.45) is 5.19. The Labute approximate surface area is 109 Å². The summed E-state index contributed by atoms with van der Waals surface area (Å²) < 4.78 is 5.03. The first-order chi connectivity index (χ1) is 8.63. The molecule has 0 amide bonds. The number of rotatable bonds is 6. The average Bonchev–Trinajstić information content (AvgIpc) is 2.37. The van der Waals surface area contributed by atoms with Crippen molar-refractivity contribution in [3.8, 4) is 0 Å². The van der Waals surface area contributed by atoms with Crippen molar-refractivity contribution < 1.29 is 9.53 Å². The van der Waals surface area contributed by atoms with Gasteiger partial charge in [-0.25, -0.2) is 4.79 Å². The molecule has 0 heterocycles. The summed E-state index contributed by atoms with van der Waals surface area (Å²) in [5, 5.41) is 0. The predicted molar refractivity (Wildman–Crippen MR) is 75.7 cm³/mol. The summed E-state index contributed by atoms with van der Waals surface area (Å²) in [7, 11) is 3.99. The Morgan fingerprint density at radius 2 is 1.94 bits per heavy atom. The van der Waals surface area contributed by atoms with Gasteiger partial charge in [-0.1, -0.05) is 25.5 Å². The first-order valence-electron chi connectivity index (χ1n) is 6.25. The van der Waals surface area contributed by atoms with E-state index < -0.39 is 0 Å². The molecule has 0 spiro atoms. The van der Waals surface area contributed by atoms with Crippen molar-refractivity contribution in [2.24, 2.45) is 0 Å². The highest BCUT2D eigenvalue weighted by Gasteiger charge is 1.97. The maximum atomic E-state index is 11.3. The third-order valence-electron chi connectivity index (χ3n) is 2.56. The van der Waals surface area contributed by atoms with E-state index in [1.807, 2.05) is 43.3 Å². The van der Waals surface area contributed by atoms with E-state index in [0.717, 1.165) is 24.1 Å². The number of carbonyl (C=O) groups is 1. The highest BCUT2D eigenvalue weighted by atomic mass is 16.5. The van der Waals surface area contributed by atoms with Crippen molar-refractivity contribution in [1.29, 1.82) is 0 Å². The van der Waals surface area contributed by atoms with Crippen LogP contribution in [-0.4, -0.2) is 26.7 Å². The molecule has 3 heteroatoms. The molecule has 0 radical (unpaired) electrons. The average molecular weight is 247 g/mol. The third kappa shape index (κ3) is 5.04. The number of ether oxygens (including phenoxy) is 1. The van der Waals surface area contributed by atoms with E-state index in [9.17, 15) is 4.79 Å². The van der Waals surface area contributed by atoms with Gasteiger partial charge >= 0.3 is 5.97 Å². The lowest BCUT2D eigenvalue weighted by Crippen LogP contribution is -2.07. The fourth-order valence-corrected chi connectivity index (χ4v) is 1.41. The molecule has 0 N–H and O–H groups in total. The Hall–Kier alpha value is -1.77. The Balaban J connectivity index is 2.48. The molecule has 0 fully saturated rings. The molecule has 0 saturated carbocycles. The summed E-state index contributed by atoms with van der Waals surface area (Å²) in [5.41, 5.74) is 2.13. The van der Waals surface area contributed by atoms with E-state index in [-0.39, 0.29) is 5.97 Å². The second-order valence-corrected chi connectivity index (χ2v) is 4.34. The van der Waals surface area contributed by atoms with Crippen molar-refractivity contribution in [2.45, 2.75) is 19.8 Å². The molecule has 18 heavy (non-hydrogen) atoms. The van der Waals surface area contributed by atoms with E-state index in [4.69, 9.17) is 4.74 Å². The van der Waals surface area contributed by atoms with Crippen LogP contribution >= 0.6 is 0 Å². The largest absolute Gasteiger partial charge is 0.463 e. The van der Waals surface area contributed by atoms with E-state index in [1.54, 1.807) is 6.08 Å². The highest BCUT2D eigenvalue weighted by Crippen LogP contribution is 2.13. The van der Waals surface area contributed by atoms with E-state index in [2.05, 4.69) is 6.92 Å². The van der Waals surface area contributed by atoms with Crippen molar-refractivity contribution in [1.82, 2.24) is 0 Å². The molecular weight excluding hydrogens is 226 g/mol. The molecule has 1 aromatic rings. The van der Waals surface area contributed by atoms with Crippen LogP contribution in [0, 0.1) is 0 Å². The standard InChI is InChI=1S/C15H21NO2/c1-4-5-12-18-15(17)11-8-13-6-9-14(10-7-13)16(2)3/h6-11H,4-5,12H2,1-3H3/b11-8+. The van der Waals surface area contributed by atoms with Crippen LogP contribution in [0.15, 0.2) is 30.3 Å². The number of anilines is 1. The lowest BCUT2D eigenvalue weighted by atomic mass is 10.2. The summed E-state index contributed by atoms with van der Waals surface area (Å²) in [4.78, 5) is 13.4. The van der Waals surface area contributed by atoms with Gasteiger partial charge in [-0.15, -0.1) is 0 Å². The summed E-state index contributed by atoms with van der Waals surface area (Å²) in [5.74, 6) is -0.278. The SMILES string of the molecule is CCCCOC(=O)/C=C/c1ccc(N(C)C)cc1. The third-order valence-corrected chi connectivity index (χ3v) is 2.56. The molecule has 0 unspecified atom stereocenters. The van der Waals surface area contributed by atoms with Gasteiger partial charge in [0, 0.05) is 25.9 Å².